The van der Waals surface area contributed by atoms with Crippen LogP contribution in [0, 0.1) is 6.92 Å². The fraction of sp³-hybridized carbons (Fsp3) is 0.235. The van der Waals surface area contributed by atoms with Crippen molar-refractivity contribution in [1.82, 2.24) is 19.4 Å². The highest BCUT2D eigenvalue weighted by molar-refractivity contribution is 7.16. The van der Waals surface area contributed by atoms with Crippen LogP contribution in [0.4, 0.5) is 0 Å². The van der Waals surface area contributed by atoms with E-state index in [-0.39, 0.29) is 12.0 Å². The van der Waals surface area contributed by atoms with E-state index in [9.17, 15) is 4.79 Å². The molecule has 0 saturated carbocycles. The van der Waals surface area contributed by atoms with Crippen LogP contribution in [-0.2, 0) is 0 Å². The van der Waals surface area contributed by atoms with Crippen LogP contribution in [-0.4, -0.2) is 44.5 Å². The summed E-state index contributed by atoms with van der Waals surface area (Å²) in [5.41, 5.74) is 0.769. The van der Waals surface area contributed by atoms with Gasteiger partial charge in [-0.1, -0.05) is 11.3 Å². The zero-order valence-electron chi connectivity index (χ0n) is 13.1. The fourth-order valence-corrected chi connectivity index (χ4v) is 3.59. The lowest BCUT2D eigenvalue weighted by Crippen LogP contribution is -2.56. The van der Waals surface area contributed by atoms with Crippen molar-refractivity contribution < 1.29 is 9.53 Å². The Kier molecular flexibility index (Phi) is 3.78. The van der Waals surface area contributed by atoms with E-state index >= 15 is 0 Å². The fourth-order valence-electron chi connectivity index (χ4n) is 2.58. The zero-order valence-corrected chi connectivity index (χ0v) is 13.9. The number of hydrogen-bond donors (Lipinski definition) is 0. The van der Waals surface area contributed by atoms with Gasteiger partial charge in [-0.2, -0.15) is 0 Å². The van der Waals surface area contributed by atoms with Gasteiger partial charge in [-0.25, -0.2) is 4.98 Å². The molecule has 4 heterocycles. The maximum atomic E-state index is 12.6. The lowest BCUT2D eigenvalue weighted by Gasteiger charge is -2.38. The summed E-state index contributed by atoms with van der Waals surface area (Å²) in [5.74, 6) is 0.757. The minimum absolute atomic E-state index is 0.0226. The van der Waals surface area contributed by atoms with Crippen molar-refractivity contribution in [2.45, 2.75) is 13.0 Å². The van der Waals surface area contributed by atoms with E-state index in [1.165, 1.54) is 11.3 Å². The van der Waals surface area contributed by atoms with E-state index < -0.39 is 0 Å². The molecule has 0 unspecified atom stereocenters. The number of carbonyl (C=O) groups is 1. The maximum Gasteiger partial charge on any atom is 0.266 e. The molecule has 3 aromatic heterocycles. The van der Waals surface area contributed by atoms with Crippen molar-refractivity contribution in [3.05, 3.63) is 59.6 Å². The maximum absolute atomic E-state index is 12.6. The van der Waals surface area contributed by atoms with Crippen LogP contribution >= 0.6 is 11.3 Å². The Morgan fingerprint density at radius 2 is 2.08 bits per heavy atom. The summed E-state index contributed by atoms with van der Waals surface area (Å²) >= 11 is 1.42. The van der Waals surface area contributed by atoms with Gasteiger partial charge in [0, 0.05) is 18.6 Å². The molecule has 0 aliphatic carbocycles. The van der Waals surface area contributed by atoms with Crippen LogP contribution in [0.15, 0.2) is 49.1 Å². The van der Waals surface area contributed by atoms with Gasteiger partial charge in [-0.05, 0) is 31.2 Å². The summed E-state index contributed by atoms with van der Waals surface area (Å²) in [4.78, 5) is 23.7. The second-order valence-corrected chi connectivity index (χ2v) is 6.62. The molecule has 0 bridgehead atoms. The van der Waals surface area contributed by atoms with Crippen LogP contribution in [0.1, 0.15) is 15.4 Å². The number of pyridine rings is 1. The molecule has 1 aliphatic rings. The second-order valence-electron chi connectivity index (χ2n) is 5.64. The first-order chi connectivity index (χ1) is 11.7. The van der Waals surface area contributed by atoms with Crippen LogP contribution in [0.2, 0.25) is 0 Å². The monoisotopic (exact) mass is 340 g/mol. The minimum atomic E-state index is 0.0226. The van der Waals surface area contributed by atoms with Gasteiger partial charge < -0.3 is 14.2 Å². The summed E-state index contributed by atoms with van der Waals surface area (Å²) in [5, 5.41) is 0.810. The first-order valence-corrected chi connectivity index (χ1v) is 8.49. The zero-order chi connectivity index (χ0) is 16.5. The van der Waals surface area contributed by atoms with Gasteiger partial charge in [-0.15, -0.1) is 0 Å². The Bertz CT molecular complexity index is 839. The van der Waals surface area contributed by atoms with E-state index in [2.05, 4.69) is 9.97 Å². The Hall–Kier alpha value is -2.67. The predicted molar refractivity (Wildman–Crippen MR) is 90.7 cm³/mol. The number of ether oxygens (including phenoxy) is 1. The summed E-state index contributed by atoms with van der Waals surface area (Å²) in [7, 11) is 0. The SMILES string of the molecule is Cc1nc(-n2cccc2)sc1C(=O)N1CC(Oc2cccnc2)C1. The molecule has 7 heteroatoms. The number of hydrogen-bond acceptors (Lipinski definition) is 5. The third-order valence-corrected chi connectivity index (χ3v) is 5.04. The predicted octanol–water partition coefficient (Wildman–Crippen LogP) is 2.54. The summed E-state index contributed by atoms with van der Waals surface area (Å²) < 4.78 is 7.70. The smallest absolute Gasteiger partial charge is 0.266 e. The largest absolute Gasteiger partial charge is 0.485 e. The van der Waals surface area contributed by atoms with Crippen molar-refractivity contribution >= 4 is 17.2 Å². The molecule has 24 heavy (non-hydrogen) atoms. The molecule has 0 spiro atoms. The molecule has 1 amide bonds. The number of thiazole rings is 1. The number of aryl methyl sites for hydroxylation is 1. The third kappa shape index (κ3) is 2.78. The molecule has 0 radical (unpaired) electrons. The average molecular weight is 340 g/mol. The minimum Gasteiger partial charge on any atom is -0.485 e. The molecular weight excluding hydrogens is 324 g/mol. The molecule has 1 aliphatic heterocycles. The highest BCUT2D eigenvalue weighted by Crippen LogP contribution is 2.26. The van der Waals surface area contributed by atoms with E-state index in [1.807, 2.05) is 48.1 Å². The Labute approximate surface area is 143 Å². The van der Waals surface area contributed by atoms with Gasteiger partial charge >= 0.3 is 0 Å². The first-order valence-electron chi connectivity index (χ1n) is 7.67. The van der Waals surface area contributed by atoms with Crippen LogP contribution < -0.4 is 4.74 Å². The van der Waals surface area contributed by atoms with Gasteiger partial charge in [0.1, 0.15) is 16.7 Å². The number of amides is 1. The average Bonchev–Trinajstić information content (AvgIpc) is 3.20. The van der Waals surface area contributed by atoms with Gasteiger partial charge in [-0.3, -0.25) is 9.78 Å². The number of likely N-dealkylation sites (tertiary alicyclic amines) is 1. The van der Waals surface area contributed by atoms with Crippen LogP contribution in [0.5, 0.6) is 5.75 Å². The molecule has 4 rings (SSSR count). The molecule has 0 aromatic carbocycles. The lowest BCUT2D eigenvalue weighted by atomic mass is 10.1. The Morgan fingerprint density at radius 1 is 1.29 bits per heavy atom. The van der Waals surface area contributed by atoms with E-state index in [1.54, 1.807) is 17.3 Å². The first kappa shape index (κ1) is 14.9. The summed E-state index contributed by atoms with van der Waals surface area (Å²) in [6.45, 7) is 3.05. The van der Waals surface area contributed by atoms with E-state index in [0.717, 1.165) is 16.6 Å². The van der Waals surface area contributed by atoms with Gasteiger partial charge in [0.2, 0.25) is 0 Å². The standard InChI is InChI=1S/C17H16N4O2S/c1-12-15(24-17(19-12)20-7-2-3-8-20)16(22)21-10-14(11-21)23-13-5-4-6-18-9-13/h2-9,14H,10-11H2,1H3. The normalized spacial score (nSPS) is 14.5. The Balaban J connectivity index is 1.41. The quantitative estimate of drug-likeness (QED) is 0.732. The second kappa shape index (κ2) is 6.09. The number of carbonyl (C=O) groups excluding carboxylic acids is 1. The van der Waals surface area contributed by atoms with Crippen LogP contribution in [0.3, 0.4) is 0 Å². The molecule has 3 aromatic rings. The highest BCUT2D eigenvalue weighted by atomic mass is 32.1. The van der Waals surface area contributed by atoms with Crippen molar-refractivity contribution in [2.75, 3.05) is 13.1 Å². The van der Waals surface area contributed by atoms with Gasteiger partial charge in [0.15, 0.2) is 5.13 Å². The van der Waals surface area contributed by atoms with Crippen molar-refractivity contribution in [1.29, 1.82) is 0 Å². The molecule has 122 valence electrons. The van der Waals surface area contributed by atoms with Crippen LogP contribution in [0.25, 0.3) is 5.13 Å². The lowest BCUT2D eigenvalue weighted by molar-refractivity contribution is 0.0179. The summed E-state index contributed by atoms with van der Waals surface area (Å²) in [6.07, 6.45) is 7.26. The molecule has 1 fully saturated rings. The molecular formula is C17H16N4O2S. The molecule has 0 atom stereocenters. The van der Waals surface area contributed by atoms with Crippen molar-refractivity contribution in [2.24, 2.45) is 0 Å². The Morgan fingerprint density at radius 3 is 2.79 bits per heavy atom. The van der Waals surface area contributed by atoms with E-state index in [4.69, 9.17) is 4.74 Å². The van der Waals surface area contributed by atoms with E-state index in [0.29, 0.717) is 18.0 Å². The molecule has 0 N–H and O–H groups in total. The topological polar surface area (TPSA) is 60.2 Å². The van der Waals surface area contributed by atoms with Crippen molar-refractivity contribution in [3.63, 3.8) is 0 Å². The van der Waals surface area contributed by atoms with Gasteiger partial charge in [0.25, 0.3) is 5.91 Å². The molecule has 1 saturated heterocycles. The third-order valence-electron chi connectivity index (χ3n) is 3.88. The molecule has 6 nitrogen and oxygen atoms in total. The number of aromatic nitrogens is 3. The summed E-state index contributed by atoms with van der Waals surface area (Å²) in [6, 6.07) is 7.58. The number of rotatable bonds is 4. The van der Waals surface area contributed by atoms with Gasteiger partial charge in [0.05, 0.1) is 25.0 Å². The van der Waals surface area contributed by atoms with Crippen molar-refractivity contribution in [3.8, 4) is 10.9 Å². The number of nitrogens with zero attached hydrogens (tertiary/aromatic N) is 4. The highest BCUT2D eigenvalue weighted by Gasteiger charge is 2.34.